The molecule has 3 aromatic rings. The van der Waals surface area contributed by atoms with Crippen LogP contribution in [0.2, 0.25) is 5.02 Å². The lowest BCUT2D eigenvalue weighted by molar-refractivity contribution is 0.184. The van der Waals surface area contributed by atoms with E-state index in [-0.39, 0.29) is 18.8 Å². The summed E-state index contributed by atoms with van der Waals surface area (Å²) in [4.78, 5) is 30.1. The summed E-state index contributed by atoms with van der Waals surface area (Å²) in [6.07, 6.45) is 3.18. The highest BCUT2D eigenvalue weighted by molar-refractivity contribution is 6.30. The summed E-state index contributed by atoms with van der Waals surface area (Å²) in [6.45, 7) is 4.48. The van der Waals surface area contributed by atoms with Gasteiger partial charge < -0.3 is 9.30 Å². The van der Waals surface area contributed by atoms with Gasteiger partial charge in [0.05, 0.1) is 25.2 Å². The Balaban J connectivity index is 2.40. The van der Waals surface area contributed by atoms with Crippen molar-refractivity contribution in [3.63, 3.8) is 0 Å². The molecule has 0 atom stereocenters. The number of nitrogens with zero attached hydrogens (tertiary/aromatic N) is 4. The minimum absolute atomic E-state index is 0.143. The monoisotopic (exact) mass is 360 g/mol. The first-order valence-corrected chi connectivity index (χ1v) is 8.02. The molecule has 8 heteroatoms. The molecule has 0 saturated heterocycles. The second-order valence-corrected chi connectivity index (χ2v) is 5.84. The van der Waals surface area contributed by atoms with E-state index in [1.807, 2.05) is 0 Å². The molecule has 0 saturated carbocycles. The molecule has 1 aromatic carbocycles. The van der Waals surface area contributed by atoms with Gasteiger partial charge in [-0.3, -0.25) is 9.36 Å². The predicted octanol–water partition coefficient (Wildman–Crippen LogP) is 1.83. The van der Waals surface area contributed by atoms with Gasteiger partial charge in [-0.25, -0.2) is 14.3 Å². The van der Waals surface area contributed by atoms with Gasteiger partial charge >= 0.3 is 5.69 Å². The number of halogens is 1. The quantitative estimate of drug-likeness (QED) is 0.629. The Hall–Kier alpha value is -2.64. The number of rotatable bonds is 6. The van der Waals surface area contributed by atoms with E-state index >= 15 is 0 Å². The van der Waals surface area contributed by atoms with E-state index < -0.39 is 11.2 Å². The van der Waals surface area contributed by atoms with Crippen LogP contribution in [0, 0.1) is 0 Å². The van der Waals surface area contributed by atoms with Crippen molar-refractivity contribution < 1.29 is 4.74 Å². The molecule has 0 bridgehead atoms. The molecule has 0 unspecified atom stereocenters. The zero-order chi connectivity index (χ0) is 18.0. The molecule has 0 fully saturated rings. The summed E-state index contributed by atoms with van der Waals surface area (Å²) >= 11 is 6.07. The highest BCUT2D eigenvalue weighted by Gasteiger charge is 2.18. The number of hydrogen-bond acceptors (Lipinski definition) is 4. The minimum atomic E-state index is -0.485. The largest absolute Gasteiger partial charge is 0.383 e. The molecule has 2 heterocycles. The van der Waals surface area contributed by atoms with Crippen molar-refractivity contribution in [3.05, 3.63) is 69.1 Å². The molecule has 0 aliphatic heterocycles. The van der Waals surface area contributed by atoms with Gasteiger partial charge in [-0.15, -0.1) is 6.58 Å². The number of allylic oxidation sites excluding steroid dienone is 1. The third-order valence-electron chi connectivity index (χ3n) is 3.81. The average molecular weight is 361 g/mol. The maximum Gasteiger partial charge on any atom is 0.337 e. The summed E-state index contributed by atoms with van der Waals surface area (Å²) in [5.74, 6) is 0. The van der Waals surface area contributed by atoms with Crippen molar-refractivity contribution >= 4 is 22.8 Å². The Morgan fingerprint density at radius 3 is 2.84 bits per heavy atom. The molecule has 130 valence electrons. The van der Waals surface area contributed by atoms with Gasteiger partial charge in [-0.05, 0) is 18.2 Å². The van der Waals surface area contributed by atoms with Gasteiger partial charge in [0.25, 0.3) is 5.56 Å². The normalized spacial score (nSPS) is 11.1. The molecule has 0 spiro atoms. The number of fused-ring (bicyclic) bond motifs is 1. The molecule has 0 amide bonds. The number of benzene rings is 1. The molecule has 3 rings (SSSR count). The fraction of sp³-hybridized carbons (Fsp3) is 0.235. The fourth-order valence-corrected chi connectivity index (χ4v) is 2.87. The highest BCUT2D eigenvalue weighted by Crippen LogP contribution is 2.17. The first-order chi connectivity index (χ1) is 12.1. The summed E-state index contributed by atoms with van der Waals surface area (Å²) in [7, 11) is 1.51. The summed E-state index contributed by atoms with van der Waals surface area (Å²) in [6, 6.07) is 6.84. The van der Waals surface area contributed by atoms with E-state index in [1.165, 1.54) is 18.0 Å². The van der Waals surface area contributed by atoms with Gasteiger partial charge in [-0.2, -0.15) is 0 Å². The smallest absolute Gasteiger partial charge is 0.337 e. The van der Waals surface area contributed by atoms with Gasteiger partial charge in [0.15, 0.2) is 11.2 Å². The van der Waals surface area contributed by atoms with Crippen LogP contribution in [0.4, 0.5) is 0 Å². The van der Waals surface area contributed by atoms with E-state index in [2.05, 4.69) is 11.6 Å². The summed E-state index contributed by atoms with van der Waals surface area (Å²) < 4.78 is 9.22. The van der Waals surface area contributed by atoms with Crippen LogP contribution in [-0.4, -0.2) is 32.4 Å². The van der Waals surface area contributed by atoms with Crippen molar-refractivity contribution in [2.75, 3.05) is 13.7 Å². The second-order valence-electron chi connectivity index (χ2n) is 5.41. The lowest BCUT2D eigenvalue weighted by Crippen LogP contribution is -2.41. The molecule has 0 aliphatic rings. The maximum absolute atomic E-state index is 12.9. The van der Waals surface area contributed by atoms with Crippen LogP contribution >= 0.6 is 11.6 Å². The second kappa shape index (κ2) is 7.08. The molecular weight excluding hydrogens is 344 g/mol. The van der Waals surface area contributed by atoms with Crippen LogP contribution in [0.3, 0.4) is 0 Å². The average Bonchev–Trinajstić information content (AvgIpc) is 2.99. The van der Waals surface area contributed by atoms with Crippen LogP contribution in [0.25, 0.3) is 16.9 Å². The van der Waals surface area contributed by atoms with Gasteiger partial charge in [0, 0.05) is 18.7 Å². The van der Waals surface area contributed by atoms with Crippen LogP contribution in [0.5, 0.6) is 0 Å². The van der Waals surface area contributed by atoms with Crippen molar-refractivity contribution in [1.29, 1.82) is 0 Å². The van der Waals surface area contributed by atoms with E-state index in [1.54, 1.807) is 34.9 Å². The van der Waals surface area contributed by atoms with E-state index in [0.29, 0.717) is 22.8 Å². The number of ether oxygens (including phenoxy) is 1. The van der Waals surface area contributed by atoms with Crippen molar-refractivity contribution in [2.45, 2.75) is 13.1 Å². The van der Waals surface area contributed by atoms with Crippen LogP contribution in [-0.2, 0) is 17.8 Å². The van der Waals surface area contributed by atoms with Crippen LogP contribution < -0.4 is 11.2 Å². The highest BCUT2D eigenvalue weighted by atomic mass is 35.5. The third kappa shape index (κ3) is 3.04. The molecule has 0 aliphatic carbocycles. The zero-order valence-corrected chi connectivity index (χ0v) is 14.4. The Bertz CT molecular complexity index is 1050. The van der Waals surface area contributed by atoms with Gasteiger partial charge in [0.2, 0.25) is 0 Å². The van der Waals surface area contributed by atoms with E-state index in [9.17, 15) is 9.59 Å². The predicted molar refractivity (Wildman–Crippen MR) is 96.7 cm³/mol. The molecular formula is C17H17ClN4O3. The third-order valence-corrected chi connectivity index (χ3v) is 4.05. The maximum atomic E-state index is 12.9. The first-order valence-electron chi connectivity index (χ1n) is 7.65. The Morgan fingerprint density at radius 1 is 1.36 bits per heavy atom. The van der Waals surface area contributed by atoms with Crippen LogP contribution in [0.1, 0.15) is 0 Å². The number of imidazole rings is 1. The topological polar surface area (TPSA) is 71.1 Å². The summed E-state index contributed by atoms with van der Waals surface area (Å²) in [5, 5.41) is 0.484. The zero-order valence-electron chi connectivity index (χ0n) is 13.7. The van der Waals surface area contributed by atoms with Crippen LogP contribution in [0.15, 0.2) is 52.8 Å². The Kier molecular flexibility index (Phi) is 4.87. The lowest BCUT2D eigenvalue weighted by Gasteiger charge is -2.12. The molecule has 25 heavy (non-hydrogen) atoms. The SMILES string of the molecule is C=CCn1cnc2c1c(=O)n(CCOC)c(=O)n2-c1cccc(Cl)c1. The molecule has 2 aromatic heterocycles. The Morgan fingerprint density at radius 2 is 2.16 bits per heavy atom. The van der Waals surface area contributed by atoms with E-state index in [0.717, 1.165) is 4.57 Å². The first kappa shape index (κ1) is 17.2. The van der Waals surface area contributed by atoms with Gasteiger partial charge in [0.1, 0.15) is 0 Å². The van der Waals surface area contributed by atoms with E-state index in [4.69, 9.17) is 16.3 Å². The Labute approximate surface area is 148 Å². The minimum Gasteiger partial charge on any atom is -0.383 e. The standard InChI is InChI=1S/C17H17ClN4O3/c1-3-7-20-11-19-15-14(20)16(23)21(8-9-25-2)17(24)22(15)13-6-4-5-12(18)10-13/h3-6,10-11H,1,7-9H2,2H3. The number of hydrogen-bond donors (Lipinski definition) is 0. The summed E-state index contributed by atoms with van der Waals surface area (Å²) in [5.41, 5.74) is 0.260. The van der Waals surface area contributed by atoms with Crippen molar-refractivity contribution in [2.24, 2.45) is 0 Å². The number of methoxy groups -OCH3 is 1. The molecule has 7 nitrogen and oxygen atoms in total. The number of aromatic nitrogens is 4. The van der Waals surface area contributed by atoms with Gasteiger partial charge in [-0.1, -0.05) is 23.7 Å². The fourth-order valence-electron chi connectivity index (χ4n) is 2.69. The van der Waals surface area contributed by atoms with Crippen molar-refractivity contribution in [1.82, 2.24) is 18.7 Å². The molecule has 0 N–H and O–H groups in total. The lowest BCUT2D eigenvalue weighted by atomic mass is 10.3. The molecule has 0 radical (unpaired) electrons. The van der Waals surface area contributed by atoms with Crippen molar-refractivity contribution in [3.8, 4) is 5.69 Å².